The van der Waals surface area contributed by atoms with Crippen LogP contribution in [-0.4, -0.2) is 23.5 Å². The lowest BCUT2D eigenvalue weighted by molar-refractivity contribution is 0.197. The summed E-state index contributed by atoms with van der Waals surface area (Å²) in [6, 6.07) is 8.05. The van der Waals surface area contributed by atoms with Crippen LogP contribution in [0.1, 0.15) is 25.3 Å². The van der Waals surface area contributed by atoms with E-state index in [0.717, 1.165) is 18.4 Å². The molecule has 1 N–H and O–H groups in total. The summed E-state index contributed by atoms with van der Waals surface area (Å²) >= 11 is 5.93. The van der Waals surface area contributed by atoms with Gasteiger partial charge in [-0.05, 0) is 37.5 Å². The number of halogens is 1. The van der Waals surface area contributed by atoms with Crippen LogP contribution in [0.3, 0.4) is 0 Å². The Kier molecular flexibility index (Phi) is 3.89. The van der Waals surface area contributed by atoms with Gasteiger partial charge in [0.25, 0.3) is 0 Å². The SMILES string of the molecule is CCN(Cc1cccc(Cl)c1)C(=O)NC1CC1. The highest BCUT2D eigenvalue weighted by Crippen LogP contribution is 2.19. The fourth-order valence-electron chi connectivity index (χ4n) is 1.68. The predicted molar refractivity (Wildman–Crippen MR) is 69.1 cm³/mol. The second-order valence-corrected chi connectivity index (χ2v) is 4.80. The summed E-state index contributed by atoms with van der Waals surface area (Å²) in [5, 5.41) is 3.70. The first-order chi connectivity index (χ1) is 8.19. The number of carbonyl (C=O) groups is 1. The number of hydrogen-bond donors (Lipinski definition) is 1. The maximum atomic E-state index is 11.9. The Bertz CT molecular complexity index is 404. The van der Waals surface area contributed by atoms with E-state index in [1.165, 1.54) is 0 Å². The molecule has 0 radical (unpaired) electrons. The predicted octanol–water partition coefficient (Wildman–Crippen LogP) is 3.03. The minimum atomic E-state index is 0.0231. The highest BCUT2D eigenvalue weighted by atomic mass is 35.5. The summed E-state index contributed by atoms with van der Waals surface area (Å²) in [7, 11) is 0. The van der Waals surface area contributed by atoms with E-state index in [9.17, 15) is 4.79 Å². The van der Waals surface area contributed by atoms with Crippen LogP contribution in [0.5, 0.6) is 0 Å². The number of urea groups is 1. The molecular weight excluding hydrogens is 236 g/mol. The second-order valence-electron chi connectivity index (χ2n) is 4.37. The fourth-order valence-corrected chi connectivity index (χ4v) is 1.89. The topological polar surface area (TPSA) is 32.3 Å². The largest absolute Gasteiger partial charge is 0.335 e. The van der Waals surface area contributed by atoms with Gasteiger partial charge in [-0.2, -0.15) is 0 Å². The van der Waals surface area contributed by atoms with Crippen molar-refractivity contribution in [1.82, 2.24) is 10.2 Å². The molecule has 4 heteroatoms. The zero-order valence-electron chi connectivity index (χ0n) is 9.95. The van der Waals surface area contributed by atoms with Crippen LogP contribution in [-0.2, 0) is 6.54 Å². The van der Waals surface area contributed by atoms with Crippen LogP contribution in [0, 0.1) is 0 Å². The van der Waals surface area contributed by atoms with E-state index in [1.54, 1.807) is 4.90 Å². The molecule has 2 amide bonds. The summed E-state index contributed by atoms with van der Waals surface area (Å²) in [5.41, 5.74) is 1.06. The van der Waals surface area contributed by atoms with Crippen molar-refractivity contribution in [2.75, 3.05) is 6.54 Å². The Hall–Kier alpha value is -1.22. The first kappa shape index (κ1) is 12.2. The number of hydrogen-bond acceptors (Lipinski definition) is 1. The number of amides is 2. The molecule has 0 unspecified atom stereocenters. The Labute approximate surface area is 107 Å². The molecule has 1 aromatic rings. The molecule has 3 nitrogen and oxygen atoms in total. The molecule has 1 aliphatic carbocycles. The molecule has 1 saturated carbocycles. The standard InChI is InChI=1S/C13H17ClN2O/c1-2-16(13(17)15-12-6-7-12)9-10-4-3-5-11(14)8-10/h3-5,8,12H,2,6-7,9H2,1H3,(H,15,17). The van der Waals surface area contributed by atoms with Gasteiger partial charge in [-0.1, -0.05) is 23.7 Å². The maximum absolute atomic E-state index is 11.9. The molecule has 0 aromatic heterocycles. The number of carbonyl (C=O) groups excluding carboxylic acids is 1. The molecule has 0 spiro atoms. The van der Waals surface area contributed by atoms with Crippen molar-refractivity contribution in [3.63, 3.8) is 0 Å². The minimum Gasteiger partial charge on any atom is -0.335 e. The van der Waals surface area contributed by atoms with Gasteiger partial charge in [0, 0.05) is 24.2 Å². The summed E-state index contributed by atoms with van der Waals surface area (Å²) in [6.07, 6.45) is 2.22. The van der Waals surface area contributed by atoms with Gasteiger partial charge in [0.1, 0.15) is 0 Å². The van der Waals surface area contributed by atoms with Gasteiger partial charge in [0.15, 0.2) is 0 Å². The number of nitrogens with zero attached hydrogens (tertiary/aromatic N) is 1. The Morgan fingerprint density at radius 1 is 1.53 bits per heavy atom. The Balaban J connectivity index is 1.95. The number of nitrogens with one attached hydrogen (secondary N) is 1. The van der Waals surface area contributed by atoms with Crippen LogP contribution in [0.25, 0.3) is 0 Å². The van der Waals surface area contributed by atoms with Crippen LogP contribution < -0.4 is 5.32 Å². The minimum absolute atomic E-state index is 0.0231. The van der Waals surface area contributed by atoms with Crippen molar-refractivity contribution in [3.8, 4) is 0 Å². The molecule has 1 aliphatic rings. The van der Waals surface area contributed by atoms with Gasteiger partial charge in [0.2, 0.25) is 0 Å². The lowest BCUT2D eigenvalue weighted by Gasteiger charge is -2.21. The lowest BCUT2D eigenvalue weighted by atomic mass is 10.2. The summed E-state index contributed by atoms with van der Waals surface area (Å²) in [6.45, 7) is 3.29. The van der Waals surface area contributed by atoms with E-state index < -0.39 is 0 Å². The van der Waals surface area contributed by atoms with Crippen molar-refractivity contribution >= 4 is 17.6 Å². The monoisotopic (exact) mass is 252 g/mol. The van der Waals surface area contributed by atoms with Crippen molar-refractivity contribution in [1.29, 1.82) is 0 Å². The molecule has 1 fully saturated rings. The molecule has 1 aromatic carbocycles. The zero-order chi connectivity index (χ0) is 12.3. The van der Waals surface area contributed by atoms with E-state index in [1.807, 2.05) is 31.2 Å². The van der Waals surface area contributed by atoms with Crippen molar-refractivity contribution < 1.29 is 4.79 Å². The van der Waals surface area contributed by atoms with Gasteiger partial charge in [-0.3, -0.25) is 0 Å². The molecule has 2 rings (SSSR count). The van der Waals surface area contributed by atoms with Gasteiger partial charge in [0.05, 0.1) is 0 Å². The summed E-state index contributed by atoms with van der Waals surface area (Å²) in [4.78, 5) is 13.7. The van der Waals surface area contributed by atoms with Crippen molar-refractivity contribution in [2.24, 2.45) is 0 Å². The van der Waals surface area contributed by atoms with E-state index in [0.29, 0.717) is 24.2 Å². The van der Waals surface area contributed by atoms with E-state index in [-0.39, 0.29) is 6.03 Å². The Morgan fingerprint density at radius 2 is 2.29 bits per heavy atom. The summed E-state index contributed by atoms with van der Waals surface area (Å²) < 4.78 is 0. The molecule has 0 heterocycles. The highest BCUT2D eigenvalue weighted by Gasteiger charge is 2.25. The molecule has 0 aliphatic heterocycles. The maximum Gasteiger partial charge on any atom is 0.317 e. The van der Waals surface area contributed by atoms with Crippen molar-refractivity contribution in [2.45, 2.75) is 32.4 Å². The molecular formula is C13H17ClN2O. The van der Waals surface area contributed by atoms with Crippen LogP contribution in [0.2, 0.25) is 5.02 Å². The number of rotatable bonds is 4. The molecule has 17 heavy (non-hydrogen) atoms. The third kappa shape index (κ3) is 3.63. The molecule has 0 bridgehead atoms. The third-order valence-corrected chi connectivity index (χ3v) is 3.07. The summed E-state index contributed by atoms with van der Waals surface area (Å²) in [5.74, 6) is 0. The first-order valence-electron chi connectivity index (χ1n) is 5.99. The van der Waals surface area contributed by atoms with E-state index >= 15 is 0 Å². The Morgan fingerprint density at radius 3 is 2.88 bits per heavy atom. The fraction of sp³-hybridized carbons (Fsp3) is 0.462. The van der Waals surface area contributed by atoms with E-state index in [4.69, 9.17) is 11.6 Å². The second kappa shape index (κ2) is 5.41. The van der Waals surface area contributed by atoms with Gasteiger partial charge in [-0.25, -0.2) is 4.79 Å². The van der Waals surface area contributed by atoms with Crippen LogP contribution in [0.15, 0.2) is 24.3 Å². The van der Waals surface area contributed by atoms with Crippen molar-refractivity contribution in [3.05, 3.63) is 34.9 Å². The third-order valence-electron chi connectivity index (χ3n) is 2.84. The van der Waals surface area contributed by atoms with Crippen LogP contribution >= 0.6 is 11.6 Å². The smallest absolute Gasteiger partial charge is 0.317 e. The molecule has 0 saturated heterocycles. The van der Waals surface area contributed by atoms with Crippen LogP contribution in [0.4, 0.5) is 4.79 Å². The average molecular weight is 253 g/mol. The molecule has 92 valence electrons. The van der Waals surface area contributed by atoms with Gasteiger partial charge < -0.3 is 10.2 Å². The normalized spacial score (nSPS) is 14.5. The number of benzene rings is 1. The van der Waals surface area contributed by atoms with E-state index in [2.05, 4.69) is 5.32 Å². The quantitative estimate of drug-likeness (QED) is 0.878. The lowest BCUT2D eigenvalue weighted by Crippen LogP contribution is -2.40. The first-order valence-corrected chi connectivity index (χ1v) is 6.36. The van der Waals surface area contributed by atoms with Gasteiger partial charge in [-0.15, -0.1) is 0 Å². The highest BCUT2D eigenvalue weighted by molar-refractivity contribution is 6.30. The van der Waals surface area contributed by atoms with Gasteiger partial charge >= 0.3 is 6.03 Å². The average Bonchev–Trinajstić information content (AvgIpc) is 3.09. The zero-order valence-corrected chi connectivity index (χ0v) is 10.7. The molecule has 0 atom stereocenters.